The van der Waals surface area contributed by atoms with Crippen LogP contribution in [-0.2, 0) is 11.3 Å². The molecule has 0 aliphatic carbocycles. The van der Waals surface area contributed by atoms with Crippen LogP contribution in [-0.4, -0.2) is 40.0 Å². The molecule has 0 spiro atoms. The second kappa shape index (κ2) is 7.18. The van der Waals surface area contributed by atoms with Gasteiger partial charge in [0.1, 0.15) is 0 Å². The van der Waals surface area contributed by atoms with E-state index in [9.17, 15) is 5.11 Å². The predicted molar refractivity (Wildman–Crippen MR) is 102 cm³/mol. The van der Waals surface area contributed by atoms with E-state index in [0.717, 1.165) is 31.8 Å². The summed E-state index contributed by atoms with van der Waals surface area (Å²) < 4.78 is 7.67. The SMILES string of the molecule is OC(CSC1CCOCC1)Cn1c2ccccc2c2ccccc21. The van der Waals surface area contributed by atoms with Gasteiger partial charge in [-0.15, -0.1) is 0 Å². The van der Waals surface area contributed by atoms with E-state index >= 15 is 0 Å². The first-order chi connectivity index (χ1) is 11.8. The number of rotatable bonds is 5. The fourth-order valence-electron chi connectivity index (χ4n) is 3.55. The lowest BCUT2D eigenvalue weighted by Gasteiger charge is -2.23. The van der Waals surface area contributed by atoms with Gasteiger partial charge in [0.2, 0.25) is 0 Å². The molecule has 1 aliphatic heterocycles. The minimum atomic E-state index is -0.336. The summed E-state index contributed by atoms with van der Waals surface area (Å²) in [6, 6.07) is 16.9. The summed E-state index contributed by atoms with van der Waals surface area (Å²) in [5, 5.41) is 13.8. The number of nitrogens with zero attached hydrogens (tertiary/aromatic N) is 1. The number of aromatic nitrogens is 1. The van der Waals surface area contributed by atoms with E-state index in [1.54, 1.807) is 0 Å². The molecule has 1 fully saturated rings. The summed E-state index contributed by atoms with van der Waals surface area (Å²) in [5.74, 6) is 0.783. The Morgan fingerprint density at radius 2 is 1.58 bits per heavy atom. The Bertz CT molecular complexity index is 769. The Balaban J connectivity index is 1.54. The van der Waals surface area contributed by atoms with Crippen LogP contribution in [0.25, 0.3) is 21.8 Å². The van der Waals surface area contributed by atoms with E-state index in [4.69, 9.17) is 4.74 Å². The molecule has 3 aromatic rings. The first-order valence-corrected chi connectivity index (χ1v) is 9.71. The van der Waals surface area contributed by atoms with Crippen LogP contribution in [0.5, 0.6) is 0 Å². The van der Waals surface area contributed by atoms with Crippen molar-refractivity contribution in [2.24, 2.45) is 0 Å². The first-order valence-electron chi connectivity index (χ1n) is 8.66. The predicted octanol–water partition coefficient (Wildman–Crippen LogP) is 4.07. The van der Waals surface area contributed by atoms with Gasteiger partial charge in [-0.1, -0.05) is 36.4 Å². The Hall–Kier alpha value is -1.49. The number of fused-ring (bicyclic) bond motifs is 3. The molecule has 1 unspecified atom stereocenters. The van der Waals surface area contributed by atoms with Crippen molar-refractivity contribution in [3.8, 4) is 0 Å². The number of thioether (sulfide) groups is 1. The summed E-state index contributed by atoms with van der Waals surface area (Å²) in [6.45, 7) is 2.37. The molecule has 0 radical (unpaired) electrons. The third kappa shape index (κ3) is 3.18. The third-order valence-electron chi connectivity index (χ3n) is 4.77. The molecular weight excluding hydrogens is 318 g/mol. The largest absolute Gasteiger partial charge is 0.390 e. The van der Waals surface area contributed by atoms with Gasteiger partial charge in [-0.3, -0.25) is 0 Å². The van der Waals surface area contributed by atoms with Gasteiger partial charge in [-0.05, 0) is 25.0 Å². The lowest BCUT2D eigenvalue weighted by molar-refractivity contribution is 0.0997. The smallest absolute Gasteiger partial charge is 0.0809 e. The quantitative estimate of drug-likeness (QED) is 0.760. The molecule has 1 saturated heterocycles. The number of ether oxygens (including phenoxy) is 1. The molecule has 1 aliphatic rings. The summed E-state index contributed by atoms with van der Waals surface area (Å²) in [4.78, 5) is 0. The molecule has 1 N–H and O–H groups in total. The van der Waals surface area contributed by atoms with Gasteiger partial charge in [0.05, 0.1) is 6.10 Å². The van der Waals surface area contributed by atoms with Crippen LogP contribution in [0.4, 0.5) is 0 Å². The Labute approximate surface area is 146 Å². The van der Waals surface area contributed by atoms with Crippen molar-refractivity contribution in [1.82, 2.24) is 4.57 Å². The van der Waals surface area contributed by atoms with E-state index in [-0.39, 0.29) is 6.10 Å². The molecule has 24 heavy (non-hydrogen) atoms. The van der Waals surface area contributed by atoms with Gasteiger partial charge in [-0.25, -0.2) is 0 Å². The van der Waals surface area contributed by atoms with Crippen molar-refractivity contribution < 1.29 is 9.84 Å². The van der Waals surface area contributed by atoms with Gasteiger partial charge >= 0.3 is 0 Å². The number of aliphatic hydroxyl groups excluding tert-OH is 1. The van der Waals surface area contributed by atoms with E-state index in [1.165, 1.54) is 21.8 Å². The number of benzene rings is 2. The van der Waals surface area contributed by atoms with Gasteiger partial charge in [0.25, 0.3) is 0 Å². The normalized spacial score (nSPS) is 17.5. The number of para-hydroxylation sites is 2. The maximum atomic E-state index is 10.6. The van der Waals surface area contributed by atoms with E-state index in [0.29, 0.717) is 11.8 Å². The summed E-state index contributed by atoms with van der Waals surface area (Å²) in [7, 11) is 0. The maximum Gasteiger partial charge on any atom is 0.0809 e. The molecular formula is C20H23NO2S. The van der Waals surface area contributed by atoms with Crippen molar-refractivity contribution in [3.05, 3.63) is 48.5 Å². The van der Waals surface area contributed by atoms with Crippen molar-refractivity contribution in [2.75, 3.05) is 19.0 Å². The zero-order valence-electron chi connectivity index (χ0n) is 13.7. The first kappa shape index (κ1) is 16.0. The fourth-order valence-corrected chi connectivity index (χ4v) is 4.68. The van der Waals surface area contributed by atoms with Gasteiger partial charge in [-0.2, -0.15) is 11.8 Å². The average molecular weight is 341 g/mol. The average Bonchev–Trinajstić information content (AvgIpc) is 2.95. The second-order valence-electron chi connectivity index (χ2n) is 6.44. The summed E-state index contributed by atoms with van der Waals surface area (Å²) in [5.41, 5.74) is 2.41. The molecule has 4 rings (SSSR count). The Morgan fingerprint density at radius 1 is 1.00 bits per heavy atom. The Kier molecular flexibility index (Phi) is 4.79. The van der Waals surface area contributed by atoms with Crippen LogP contribution in [0.2, 0.25) is 0 Å². The van der Waals surface area contributed by atoms with Crippen molar-refractivity contribution in [3.63, 3.8) is 0 Å². The summed E-state index contributed by atoms with van der Waals surface area (Å²) >= 11 is 1.89. The van der Waals surface area contributed by atoms with Crippen LogP contribution in [0.15, 0.2) is 48.5 Å². The van der Waals surface area contributed by atoms with Crippen LogP contribution in [0.3, 0.4) is 0 Å². The molecule has 126 valence electrons. The second-order valence-corrected chi connectivity index (χ2v) is 7.78. The van der Waals surface area contributed by atoms with Crippen LogP contribution < -0.4 is 0 Å². The number of hydrogen-bond donors (Lipinski definition) is 1. The van der Waals surface area contributed by atoms with Gasteiger partial charge < -0.3 is 14.4 Å². The molecule has 4 heteroatoms. The summed E-state index contributed by atoms with van der Waals surface area (Å²) in [6.07, 6.45) is 1.87. The zero-order chi connectivity index (χ0) is 16.4. The monoisotopic (exact) mass is 341 g/mol. The van der Waals surface area contributed by atoms with Gasteiger partial charge in [0.15, 0.2) is 0 Å². The van der Waals surface area contributed by atoms with E-state index < -0.39 is 0 Å². The lowest BCUT2D eigenvalue weighted by Crippen LogP contribution is -2.23. The minimum Gasteiger partial charge on any atom is -0.390 e. The standard InChI is InChI=1S/C20H23NO2S/c22-15(14-24-16-9-11-23-12-10-16)13-21-19-7-3-1-5-17(19)18-6-2-4-8-20(18)21/h1-8,15-16,22H,9-14H2. The fraction of sp³-hybridized carbons (Fsp3) is 0.400. The lowest BCUT2D eigenvalue weighted by atomic mass is 10.2. The van der Waals surface area contributed by atoms with Crippen LogP contribution >= 0.6 is 11.8 Å². The molecule has 1 atom stereocenters. The van der Waals surface area contributed by atoms with Crippen molar-refractivity contribution >= 4 is 33.6 Å². The molecule has 0 bridgehead atoms. The highest BCUT2D eigenvalue weighted by atomic mass is 32.2. The van der Waals surface area contributed by atoms with Gasteiger partial charge in [0, 0.05) is 52.6 Å². The van der Waals surface area contributed by atoms with Crippen LogP contribution in [0.1, 0.15) is 12.8 Å². The Morgan fingerprint density at radius 3 is 2.21 bits per heavy atom. The molecule has 0 saturated carbocycles. The highest BCUT2D eigenvalue weighted by molar-refractivity contribution is 7.99. The third-order valence-corrected chi connectivity index (χ3v) is 6.29. The van der Waals surface area contributed by atoms with E-state index in [1.807, 2.05) is 11.8 Å². The molecule has 2 heterocycles. The molecule has 0 amide bonds. The number of hydrogen-bond acceptors (Lipinski definition) is 3. The highest BCUT2D eigenvalue weighted by Gasteiger charge is 2.17. The zero-order valence-corrected chi connectivity index (χ0v) is 14.5. The maximum absolute atomic E-state index is 10.6. The molecule has 2 aromatic carbocycles. The van der Waals surface area contributed by atoms with Crippen molar-refractivity contribution in [1.29, 1.82) is 0 Å². The van der Waals surface area contributed by atoms with Crippen LogP contribution in [0, 0.1) is 0 Å². The molecule has 1 aromatic heterocycles. The topological polar surface area (TPSA) is 34.4 Å². The van der Waals surface area contributed by atoms with E-state index in [2.05, 4.69) is 53.1 Å². The highest BCUT2D eigenvalue weighted by Crippen LogP contribution is 2.29. The minimum absolute atomic E-state index is 0.336. The van der Waals surface area contributed by atoms with Crippen molar-refractivity contribution in [2.45, 2.75) is 30.7 Å². The molecule has 3 nitrogen and oxygen atoms in total. The number of aliphatic hydroxyl groups is 1.